The highest BCUT2D eigenvalue weighted by Crippen LogP contribution is 2.21. The Labute approximate surface area is 140 Å². The number of benzene rings is 1. The molecule has 0 aliphatic carbocycles. The summed E-state index contributed by atoms with van der Waals surface area (Å²) in [5.74, 6) is -0.887. The van der Waals surface area contributed by atoms with Crippen LogP contribution in [0.2, 0.25) is 0 Å². The fourth-order valence-electron chi connectivity index (χ4n) is 2.53. The van der Waals surface area contributed by atoms with Gasteiger partial charge in [-0.2, -0.15) is 0 Å². The number of nitrogens with zero attached hydrogens (tertiary/aromatic N) is 1. The number of carbonyl (C=O) groups excluding carboxylic acids is 2. The third-order valence-electron chi connectivity index (χ3n) is 3.95. The van der Waals surface area contributed by atoms with Gasteiger partial charge in [0, 0.05) is 6.54 Å². The van der Waals surface area contributed by atoms with E-state index in [2.05, 4.69) is 5.32 Å². The van der Waals surface area contributed by atoms with E-state index in [0.717, 1.165) is 5.56 Å². The minimum absolute atomic E-state index is 0.203. The molecule has 24 heavy (non-hydrogen) atoms. The van der Waals surface area contributed by atoms with Gasteiger partial charge in [0.05, 0.1) is 17.9 Å². The molecule has 1 aromatic heterocycles. The molecule has 2 aromatic rings. The van der Waals surface area contributed by atoms with Gasteiger partial charge in [-0.25, -0.2) is 4.39 Å². The highest BCUT2D eigenvalue weighted by molar-refractivity contribution is 5.97. The summed E-state index contributed by atoms with van der Waals surface area (Å²) >= 11 is 0. The second-order valence-electron chi connectivity index (χ2n) is 5.56. The first kappa shape index (κ1) is 17.7. The smallest absolute Gasteiger partial charge is 0.255 e. The van der Waals surface area contributed by atoms with Crippen molar-refractivity contribution in [3.8, 4) is 0 Å². The van der Waals surface area contributed by atoms with E-state index in [1.54, 1.807) is 24.0 Å². The van der Waals surface area contributed by atoms with Crippen molar-refractivity contribution in [3.05, 3.63) is 59.8 Å². The first-order valence-corrected chi connectivity index (χ1v) is 7.83. The second-order valence-corrected chi connectivity index (χ2v) is 5.56. The van der Waals surface area contributed by atoms with Crippen molar-refractivity contribution < 1.29 is 18.4 Å². The summed E-state index contributed by atoms with van der Waals surface area (Å²) in [5, 5.41) is 2.66. The number of hydrogen-bond acceptors (Lipinski definition) is 3. The van der Waals surface area contributed by atoms with Crippen LogP contribution in [0.4, 0.5) is 4.39 Å². The average Bonchev–Trinajstić information content (AvgIpc) is 3.10. The Balaban J connectivity index is 2.06. The summed E-state index contributed by atoms with van der Waals surface area (Å²) in [6.45, 7) is 5.85. The zero-order chi connectivity index (χ0) is 17.7. The first-order valence-electron chi connectivity index (χ1n) is 7.83. The summed E-state index contributed by atoms with van der Waals surface area (Å²) in [4.78, 5) is 26.3. The predicted octanol–water partition coefficient (Wildman–Crippen LogP) is 3.15. The number of halogens is 1. The summed E-state index contributed by atoms with van der Waals surface area (Å²) < 4.78 is 17.9. The quantitative estimate of drug-likeness (QED) is 0.884. The molecule has 0 aliphatic rings. The topological polar surface area (TPSA) is 62.6 Å². The van der Waals surface area contributed by atoms with Crippen LogP contribution in [-0.2, 0) is 4.79 Å². The number of nitrogens with one attached hydrogen (secondary N) is 1. The van der Waals surface area contributed by atoms with Crippen molar-refractivity contribution in [2.45, 2.75) is 32.9 Å². The molecule has 0 aliphatic heterocycles. The van der Waals surface area contributed by atoms with Crippen LogP contribution >= 0.6 is 0 Å². The number of hydrogen-bond donors (Lipinski definition) is 1. The van der Waals surface area contributed by atoms with E-state index in [1.807, 2.05) is 13.8 Å². The van der Waals surface area contributed by atoms with E-state index >= 15 is 0 Å². The Bertz CT molecular complexity index is 683. The lowest BCUT2D eigenvalue weighted by molar-refractivity contribution is -0.134. The van der Waals surface area contributed by atoms with Crippen molar-refractivity contribution in [3.63, 3.8) is 0 Å². The fraction of sp³-hybridized carbons (Fsp3) is 0.333. The third kappa shape index (κ3) is 4.01. The molecule has 0 saturated heterocycles. The van der Waals surface area contributed by atoms with Crippen molar-refractivity contribution in [1.82, 2.24) is 10.2 Å². The van der Waals surface area contributed by atoms with Gasteiger partial charge in [0.25, 0.3) is 5.91 Å². The van der Waals surface area contributed by atoms with Crippen LogP contribution in [0.5, 0.6) is 0 Å². The number of likely N-dealkylation sites (N-methyl/N-ethyl adjacent to an activating group) is 1. The molecule has 1 aromatic carbocycles. The minimum atomic E-state index is -0.685. The van der Waals surface area contributed by atoms with Gasteiger partial charge in [0.15, 0.2) is 0 Å². The fourth-order valence-corrected chi connectivity index (χ4v) is 2.53. The maximum Gasteiger partial charge on any atom is 0.255 e. The van der Waals surface area contributed by atoms with E-state index < -0.39 is 6.04 Å². The molecule has 2 amide bonds. The molecule has 2 rings (SSSR count). The normalized spacial score (nSPS) is 13.2. The summed E-state index contributed by atoms with van der Waals surface area (Å²) in [6.07, 6.45) is 2.72. The molecular formula is C18H21FN2O3. The highest BCUT2D eigenvalue weighted by atomic mass is 19.1. The maximum atomic E-state index is 13.1. The Morgan fingerprint density at radius 3 is 2.42 bits per heavy atom. The highest BCUT2D eigenvalue weighted by Gasteiger charge is 2.26. The van der Waals surface area contributed by atoms with Crippen LogP contribution in [0.1, 0.15) is 42.7 Å². The molecule has 5 nitrogen and oxygen atoms in total. The van der Waals surface area contributed by atoms with E-state index in [4.69, 9.17) is 4.42 Å². The zero-order valence-electron chi connectivity index (χ0n) is 14.0. The number of furan rings is 1. The molecule has 1 N–H and O–H groups in total. The van der Waals surface area contributed by atoms with E-state index in [9.17, 15) is 14.0 Å². The lowest BCUT2D eigenvalue weighted by Crippen LogP contribution is -2.47. The largest absolute Gasteiger partial charge is 0.472 e. The zero-order valence-corrected chi connectivity index (χ0v) is 14.0. The molecule has 0 fully saturated rings. The van der Waals surface area contributed by atoms with E-state index in [0.29, 0.717) is 12.1 Å². The van der Waals surface area contributed by atoms with Crippen LogP contribution in [0.15, 0.2) is 47.3 Å². The van der Waals surface area contributed by atoms with Gasteiger partial charge in [-0.3, -0.25) is 9.59 Å². The van der Waals surface area contributed by atoms with Gasteiger partial charge in [-0.15, -0.1) is 0 Å². The van der Waals surface area contributed by atoms with Crippen LogP contribution in [0.25, 0.3) is 0 Å². The molecule has 0 spiro atoms. The van der Waals surface area contributed by atoms with Crippen molar-refractivity contribution in [2.75, 3.05) is 6.54 Å². The SMILES string of the molecule is CCN(C(=O)[C@H](C)NC(=O)c1ccoc1)[C@H](C)c1ccc(F)cc1. The number of amides is 2. The summed E-state index contributed by atoms with van der Waals surface area (Å²) in [6, 6.07) is 6.68. The minimum Gasteiger partial charge on any atom is -0.472 e. The molecule has 1 heterocycles. The van der Waals surface area contributed by atoms with Crippen LogP contribution < -0.4 is 5.32 Å². The lowest BCUT2D eigenvalue weighted by atomic mass is 10.1. The molecule has 0 saturated carbocycles. The van der Waals surface area contributed by atoms with Gasteiger partial charge in [0.1, 0.15) is 18.1 Å². The maximum absolute atomic E-state index is 13.1. The molecule has 0 bridgehead atoms. The Hall–Kier alpha value is -2.63. The van der Waals surface area contributed by atoms with Gasteiger partial charge in [-0.1, -0.05) is 12.1 Å². The number of carbonyl (C=O) groups is 2. The average molecular weight is 332 g/mol. The van der Waals surface area contributed by atoms with E-state index in [1.165, 1.54) is 30.7 Å². The standard InChI is InChI=1S/C18H21FN2O3/c1-4-21(13(3)14-5-7-16(19)8-6-14)18(23)12(2)20-17(22)15-9-10-24-11-15/h5-13H,4H2,1-3H3,(H,20,22)/t12-,13+/m0/s1. The monoisotopic (exact) mass is 332 g/mol. The van der Waals surface area contributed by atoms with Crippen LogP contribution in [0, 0.1) is 5.82 Å². The summed E-state index contributed by atoms with van der Waals surface area (Å²) in [5.41, 5.74) is 1.20. The second kappa shape index (κ2) is 7.77. The summed E-state index contributed by atoms with van der Waals surface area (Å²) in [7, 11) is 0. The van der Waals surface area contributed by atoms with E-state index in [-0.39, 0.29) is 23.7 Å². The molecule has 0 radical (unpaired) electrons. The predicted molar refractivity (Wildman–Crippen MR) is 87.8 cm³/mol. The first-order chi connectivity index (χ1) is 11.4. The van der Waals surface area contributed by atoms with Gasteiger partial charge >= 0.3 is 0 Å². The van der Waals surface area contributed by atoms with Crippen molar-refractivity contribution in [2.24, 2.45) is 0 Å². The van der Waals surface area contributed by atoms with Crippen molar-refractivity contribution in [1.29, 1.82) is 0 Å². The lowest BCUT2D eigenvalue weighted by Gasteiger charge is -2.31. The molecule has 6 heteroatoms. The molecular weight excluding hydrogens is 311 g/mol. The Morgan fingerprint density at radius 1 is 1.21 bits per heavy atom. The van der Waals surface area contributed by atoms with Gasteiger partial charge in [0.2, 0.25) is 5.91 Å². The van der Waals surface area contributed by atoms with Crippen LogP contribution in [0.3, 0.4) is 0 Å². The van der Waals surface area contributed by atoms with Crippen molar-refractivity contribution >= 4 is 11.8 Å². The number of rotatable bonds is 6. The Kier molecular flexibility index (Phi) is 5.73. The van der Waals surface area contributed by atoms with Crippen LogP contribution in [-0.4, -0.2) is 29.3 Å². The Morgan fingerprint density at radius 2 is 1.88 bits per heavy atom. The molecule has 128 valence electrons. The molecule has 2 atom stereocenters. The van der Waals surface area contributed by atoms with Gasteiger partial charge in [-0.05, 0) is 44.5 Å². The third-order valence-corrected chi connectivity index (χ3v) is 3.95. The van der Waals surface area contributed by atoms with Gasteiger partial charge < -0.3 is 14.6 Å². The molecule has 0 unspecified atom stereocenters.